The zero-order valence-corrected chi connectivity index (χ0v) is 12.0. The van der Waals surface area contributed by atoms with Gasteiger partial charge in [0.05, 0.1) is 17.9 Å². The summed E-state index contributed by atoms with van der Waals surface area (Å²) in [6.45, 7) is 3.13. The van der Waals surface area contributed by atoms with Crippen LogP contribution in [0.25, 0.3) is 0 Å². The van der Waals surface area contributed by atoms with Gasteiger partial charge in [0.15, 0.2) is 0 Å². The number of rotatable bonds is 6. The molecule has 0 amide bonds. The van der Waals surface area contributed by atoms with Gasteiger partial charge in [0, 0.05) is 6.20 Å². The molecule has 110 valence electrons. The van der Waals surface area contributed by atoms with Crippen LogP contribution in [0.1, 0.15) is 5.69 Å². The van der Waals surface area contributed by atoms with Gasteiger partial charge < -0.3 is 4.74 Å². The van der Waals surface area contributed by atoms with Crippen LogP contribution in [0.2, 0.25) is 0 Å². The molecule has 1 aromatic heterocycles. The Hall–Kier alpha value is -3.32. The van der Waals surface area contributed by atoms with Crippen LogP contribution in [0.4, 0.5) is 5.69 Å². The molecule has 0 unspecified atom stereocenters. The summed E-state index contributed by atoms with van der Waals surface area (Å²) in [6.07, 6.45) is 1.91. The zero-order valence-electron chi connectivity index (χ0n) is 12.0. The van der Waals surface area contributed by atoms with E-state index in [-0.39, 0.29) is 5.71 Å². The molecular formula is C15H14N6O. The number of hydrogen-bond donors (Lipinski definition) is 1. The summed E-state index contributed by atoms with van der Waals surface area (Å²) in [7, 11) is 0. The predicted molar refractivity (Wildman–Crippen MR) is 81.2 cm³/mol. The fraction of sp³-hybridized carbons (Fsp3) is 0.200. The van der Waals surface area contributed by atoms with Gasteiger partial charge in [-0.1, -0.05) is 0 Å². The summed E-state index contributed by atoms with van der Waals surface area (Å²) in [5.41, 5.74) is 4.05. The number of nitrogens with one attached hydrogen (secondary N) is 1. The Balaban J connectivity index is 1.83. The van der Waals surface area contributed by atoms with Crippen LogP contribution in [0.5, 0.6) is 5.75 Å². The van der Waals surface area contributed by atoms with Gasteiger partial charge in [-0.25, -0.2) is 0 Å². The molecule has 0 aliphatic rings. The molecule has 1 N–H and O–H groups in total. The molecule has 0 aliphatic heterocycles. The molecule has 0 saturated carbocycles. The minimum absolute atomic E-state index is 0.227. The zero-order chi connectivity index (χ0) is 15.8. The first-order valence-corrected chi connectivity index (χ1v) is 6.58. The molecule has 2 aromatic rings. The van der Waals surface area contributed by atoms with Gasteiger partial charge in [-0.15, -0.1) is 0 Å². The first kappa shape index (κ1) is 15.1. The minimum Gasteiger partial charge on any atom is -0.492 e. The molecule has 7 heteroatoms. The quantitative estimate of drug-likeness (QED) is 0.649. The normalized spacial score (nSPS) is 9.41. The van der Waals surface area contributed by atoms with Crippen molar-refractivity contribution in [3.8, 4) is 17.9 Å². The topological polar surface area (TPSA) is 99.0 Å². The summed E-state index contributed by atoms with van der Waals surface area (Å²) in [5, 5.41) is 25.1. The molecule has 7 nitrogen and oxygen atoms in total. The van der Waals surface area contributed by atoms with Crippen LogP contribution in [0.3, 0.4) is 0 Å². The Morgan fingerprint density at radius 1 is 1.27 bits per heavy atom. The van der Waals surface area contributed by atoms with E-state index >= 15 is 0 Å². The van der Waals surface area contributed by atoms with Crippen molar-refractivity contribution in [3.63, 3.8) is 0 Å². The summed E-state index contributed by atoms with van der Waals surface area (Å²) >= 11 is 0. The van der Waals surface area contributed by atoms with Crippen molar-refractivity contribution in [1.29, 1.82) is 10.5 Å². The van der Waals surface area contributed by atoms with Crippen LogP contribution in [0, 0.1) is 29.6 Å². The van der Waals surface area contributed by atoms with Gasteiger partial charge in [0.1, 0.15) is 24.5 Å². The van der Waals surface area contributed by atoms with Crippen molar-refractivity contribution in [2.75, 3.05) is 12.0 Å². The van der Waals surface area contributed by atoms with Crippen molar-refractivity contribution in [3.05, 3.63) is 42.2 Å². The number of nitrogens with zero attached hydrogens (tertiary/aromatic N) is 5. The molecule has 0 saturated heterocycles. The molecule has 0 atom stereocenters. The third kappa shape index (κ3) is 4.36. The number of hydrogen-bond acceptors (Lipinski definition) is 6. The van der Waals surface area contributed by atoms with Gasteiger partial charge in [0.25, 0.3) is 0 Å². The van der Waals surface area contributed by atoms with E-state index in [4.69, 9.17) is 15.3 Å². The first-order chi connectivity index (χ1) is 10.7. The molecular weight excluding hydrogens is 280 g/mol. The smallest absolute Gasteiger partial charge is 0.237 e. The lowest BCUT2D eigenvalue weighted by Gasteiger charge is -2.07. The first-order valence-electron chi connectivity index (χ1n) is 6.58. The molecule has 0 bridgehead atoms. The Labute approximate surface area is 128 Å². The molecule has 0 aliphatic carbocycles. The second-order valence-corrected chi connectivity index (χ2v) is 4.39. The number of aryl methyl sites for hydroxylation is 1. The van der Waals surface area contributed by atoms with E-state index < -0.39 is 0 Å². The number of hydrazone groups is 1. The van der Waals surface area contributed by atoms with Gasteiger partial charge >= 0.3 is 0 Å². The van der Waals surface area contributed by atoms with Gasteiger partial charge in [0.2, 0.25) is 5.71 Å². The van der Waals surface area contributed by atoms with Gasteiger partial charge in [-0.05, 0) is 37.3 Å². The molecule has 22 heavy (non-hydrogen) atoms. The second kappa shape index (κ2) is 7.46. The molecule has 0 spiro atoms. The molecule has 2 rings (SSSR count). The SMILES string of the molecule is Cc1ccn(CCOc2ccc(NN=C(C#N)C#N)cc2)n1. The monoisotopic (exact) mass is 294 g/mol. The Bertz CT molecular complexity index is 717. The summed E-state index contributed by atoms with van der Waals surface area (Å²) in [4.78, 5) is 0. The van der Waals surface area contributed by atoms with Crippen molar-refractivity contribution in [2.45, 2.75) is 13.5 Å². The van der Waals surface area contributed by atoms with E-state index in [1.54, 1.807) is 36.4 Å². The fourth-order valence-electron chi connectivity index (χ4n) is 1.67. The minimum atomic E-state index is -0.227. The van der Waals surface area contributed by atoms with Gasteiger partial charge in [-0.2, -0.15) is 20.7 Å². The Morgan fingerprint density at radius 2 is 2.00 bits per heavy atom. The van der Waals surface area contributed by atoms with Crippen LogP contribution in [0.15, 0.2) is 41.6 Å². The van der Waals surface area contributed by atoms with Crippen molar-refractivity contribution in [2.24, 2.45) is 5.10 Å². The molecule has 1 heterocycles. The lowest BCUT2D eigenvalue weighted by Crippen LogP contribution is -2.08. The average molecular weight is 294 g/mol. The van der Waals surface area contributed by atoms with E-state index in [0.29, 0.717) is 18.8 Å². The highest BCUT2D eigenvalue weighted by Gasteiger charge is 1.98. The highest BCUT2D eigenvalue weighted by molar-refractivity contribution is 6.10. The fourth-order valence-corrected chi connectivity index (χ4v) is 1.67. The van der Waals surface area contributed by atoms with Crippen molar-refractivity contribution in [1.82, 2.24) is 9.78 Å². The number of nitriles is 2. The maximum atomic E-state index is 8.57. The third-order valence-electron chi connectivity index (χ3n) is 2.73. The average Bonchev–Trinajstić information content (AvgIpc) is 2.95. The second-order valence-electron chi connectivity index (χ2n) is 4.39. The molecule has 1 aromatic carbocycles. The summed E-state index contributed by atoms with van der Waals surface area (Å²) in [5.74, 6) is 0.721. The van der Waals surface area contributed by atoms with Crippen LogP contribution in [-0.2, 0) is 6.54 Å². The number of aromatic nitrogens is 2. The van der Waals surface area contributed by atoms with E-state index in [9.17, 15) is 0 Å². The highest BCUT2D eigenvalue weighted by Crippen LogP contribution is 2.15. The predicted octanol–water partition coefficient (Wildman–Crippen LogP) is 2.09. The van der Waals surface area contributed by atoms with E-state index in [2.05, 4.69) is 15.6 Å². The standard InChI is InChI=1S/C15H14N6O/c1-12-6-7-21(20-12)8-9-22-15-4-2-13(3-5-15)18-19-14(10-16)11-17/h2-7,18H,8-9H2,1H3. The maximum absolute atomic E-state index is 8.57. The Morgan fingerprint density at radius 3 is 2.59 bits per heavy atom. The van der Waals surface area contributed by atoms with Crippen molar-refractivity contribution >= 4 is 11.4 Å². The lowest BCUT2D eigenvalue weighted by atomic mass is 10.3. The molecule has 0 radical (unpaired) electrons. The summed E-state index contributed by atoms with van der Waals surface area (Å²) < 4.78 is 7.44. The lowest BCUT2D eigenvalue weighted by molar-refractivity contribution is 0.291. The maximum Gasteiger partial charge on any atom is 0.237 e. The van der Waals surface area contributed by atoms with E-state index in [0.717, 1.165) is 11.4 Å². The summed E-state index contributed by atoms with van der Waals surface area (Å²) in [6, 6.07) is 12.4. The van der Waals surface area contributed by atoms with Crippen LogP contribution in [-0.4, -0.2) is 22.1 Å². The number of anilines is 1. The van der Waals surface area contributed by atoms with E-state index in [1.807, 2.05) is 23.9 Å². The van der Waals surface area contributed by atoms with Gasteiger partial charge in [-0.3, -0.25) is 10.1 Å². The Kier molecular flexibility index (Phi) is 5.11. The number of ether oxygens (including phenoxy) is 1. The van der Waals surface area contributed by atoms with Crippen molar-refractivity contribution < 1.29 is 4.74 Å². The number of benzene rings is 1. The van der Waals surface area contributed by atoms with Crippen LogP contribution >= 0.6 is 0 Å². The molecule has 0 fully saturated rings. The van der Waals surface area contributed by atoms with Crippen LogP contribution < -0.4 is 10.2 Å². The highest BCUT2D eigenvalue weighted by atomic mass is 16.5. The largest absolute Gasteiger partial charge is 0.492 e. The van der Waals surface area contributed by atoms with E-state index in [1.165, 1.54) is 0 Å². The third-order valence-corrected chi connectivity index (χ3v) is 2.73.